The molecule has 0 aromatic carbocycles. The molecule has 0 aliphatic carbocycles. The minimum atomic E-state index is -0.375. The van der Waals surface area contributed by atoms with Crippen LogP contribution >= 0.6 is 0 Å². The van der Waals surface area contributed by atoms with Crippen LogP contribution in [0.25, 0.3) is 0 Å². The molecular formula is C8H12N2O2. The maximum atomic E-state index is 11.1. The van der Waals surface area contributed by atoms with E-state index < -0.39 is 0 Å². The van der Waals surface area contributed by atoms with Gasteiger partial charge in [0.1, 0.15) is 0 Å². The molecule has 1 aromatic heterocycles. The quantitative estimate of drug-likeness (QED) is 0.582. The van der Waals surface area contributed by atoms with Crippen molar-refractivity contribution in [3.8, 4) is 0 Å². The maximum Gasteiger partial charge on any atom is 0.252 e. The molecule has 1 heterocycles. The number of nitrogens with two attached hydrogens (primary N) is 1. The average Bonchev–Trinajstić information content (AvgIpc) is 2.05. The van der Waals surface area contributed by atoms with Gasteiger partial charge in [-0.25, -0.2) is 0 Å². The Morgan fingerprint density at radius 2 is 2.42 bits per heavy atom. The number of rotatable bonds is 3. The van der Waals surface area contributed by atoms with Gasteiger partial charge >= 0.3 is 0 Å². The van der Waals surface area contributed by atoms with Crippen molar-refractivity contribution < 1.29 is 5.11 Å². The third kappa shape index (κ3) is 1.93. The first kappa shape index (κ1) is 8.96. The standard InChI is InChI=1S/C8H12N2O2/c9-7(3-5-11)6-2-1-4-10-8(6)12/h1-2,4,7,11H,3,5,9H2,(H,10,12)/t7-/m0/s1. The molecule has 4 N–H and O–H groups in total. The van der Waals surface area contributed by atoms with Crippen LogP contribution in [0.5, 0.6) is 0 Å². The summed E-state index contributed by atoms with van der Waals surface area (Å²) in [7, 11) is 0. The van der Waals surface area contributed by atoms with Gasteiger partial charge in [0.15, 0.2) is 0 Å². The molecule has 0 unspecified atom stereocenters. The summed E-state index contributed by atoms with van der Waals surface area (Å²) >= 11 is 0. The largest absolute Gasteiger partial charge is 0.396 e. The molecule has 0 spiro atoms. The number of hydrogen-bond donors (Lipinski definition) is 3. The van der Waals surface area contributed by atoms with E-state index in [4.69, 9.17) is 10.8 Å². The highest BCUT2D eigenvalue weighted by Gasteiger charge is 2.07. The fourth-order valence-electron chi connectivity index (χ4n) is 1.02. The van der Waals surface area contributed by atoms with Crippen LogP contribution in [-0.4, -0.2) is 16.7 Å². The zero-order valence-electron chi connectivity index (χ0n) is 6.66. The van der Waals surface area contributed by atoms with Crippen molar-refractivity contribution in [3.05, 3.63) is 34.2 Å². The molecule has 1 rings (SSSR count). The predicted octanol–water partition coefficient (Wildman–Crippen LogP) is -0.243. The SMILES string of the molecule is N[C@@H](CCO)c1ccc[nH]c1=O. The first-order valence-corrected chi connectivity index (χ1v) is 3.79. The molecule has 1 aromatic rings. The summed E-state index contributed by atoms with van der Waals surface area (Å²) in [5.41, 5.74) is 5.96. The molecule has 0 aliphatic rings. The molecule has 12 heavy (non-hydrogen) atoms. The Morgan fingerprint density at radius 3 is 3.00 bits per heavy atom. The first-order valence-electron chi connectivity index (χ1n) is 3.79. The van der Waals surface area contributed by atoms with Gasteiger partial charge < -0.3 is 15.8 Å². The Balaban J connectivity index is 2.87. The minimum Gasteiger partial charge on any atom is -0.396 e. The molecule has 0 radical (unpaired) electrons. The second-order valence-corrected chi connectivity index (χ2v) is 2.57. The van der Waals surface area contributed by atoms with Gasteiger partial charge in [-0.05, 0) is 12.5 Å². The molecule has 0 saturated heterocycles. The number of pyridine rings is 1. The molecule has 0 amide bonds. The molecule has 1 atom stereocenters. The van der Waals surface area contributed by atoms with Gasteiger partial charge in [0.2, 0.25) is 0 Å². The van der Waals surface area contributed by atoms with Crippen LogP contribution in [0.2, 0.25) is 0 Å². The summed E-state index contributed by atoms with van der Waals surface area (Å²) in [6, 6.07) is 3.01. The molecule has 0 bridgehead atoms. The number of aromatic nitrogens is 1. The third-order valence-electron chi connectivity index (χ3n) is 1.69. The summed E-state index contributed by atoms with van der Waals surface area (Å²) in [5, 5.41) is 8.60. The summed E-state index contributed by atoms with van der Waals surface area (Å²) < 4.78 is 0. The van der Waals surface area contributed by atoms with Crippen LogP contribution in [0.15, 0.2) is 23.1 Å². The van der Waals surface area contributed by atoms with Crippen molar-refractivity contribution in [1.29, 1.82) is 0 Å². The Hall–Kier alpha value is -1.13. The van der Waals surface area contributed by atoms with Crippen LogP contribution in [0, 0.1) is 0 Å². The highest BCUT2D eigenvalue weighted by Crippen LogP contribution is 2.06. The smallest absolute Gasteiger partial charge is 0.252 e. The lowest BCUT2D eigenvalue weighted by Crippen LogP contribution is -2.21. The van der Waals surface area contributed by atoms with Crippen LogP contribution in [0.1, 0.15) is 18.0 Å². The fourth-order valence-corrected chi connectivity index (χ4v) is 1.02. The van der Waals surface area contributed by atoms with E-state index in [0.717, 1.165) is 0 Å². The molecular weight excluding hydrogens is 156 g/mol. The number of H-pyrrole nitrogens is 1. The topological polar surface area (TPSA) is 79.1 Å². The molecule has 0 aliphatic heterocycles. The van der Waals surface area contributed by atoms with Gasteiger partial charge in [0.25, 0.3) is 5.56 Å². The van der Waals surface area contributed by atoms with E-state index in [2.05, 4.69) is 4.98 Å². The van der Waals surface area contributed by atoms with Gasteiger partial charge in [-0.3, -0.25) is 4.79 Å². The van der Waals surface area contributed by atoms with E-state index in [1.54, 1.807) is 18.3 Å². The van der Waals surface area contributed by atoms with Gasteiger partial charge in [-0.2, -0.15) is 0 Å². The lowest BCUT2D eigenvalue weighted by atomic mass is 10.1. The fraction of sp³-hybridized carbons (Fsp3) is 0.375. The van der Waals surface area contributed by atoms with Crippen LogP contribution in [0.3, 0.4) is 0 Å². The highest BCUT2D eigenvalue weighted by molar-refractivity contribution is 5.13. The molecule has 0 saturated carbocycles. The zero-order chi connectivity index (χ0) is 8.97. The minimum absolute atomic E-state index is 0.00446. The second-order valence-electron chi connectivity index (χ2n) is 2.57. The highest BCUT2D eigenvalue weighted by atomic mass is 16.3. The molecule has 0 fully saturated rings. The number of nitrogens with one attached hydrogen (secondary N) is 1. The van der Waals surface area contributed by atoms with Crippen molar-refractivity contribution in [2.24, 2.45) is 5.73 Å². The lowest BCUT2D eigenvalue weighted by Gasteiger charge is -2.07. The summed E-state index contributed by atoms with van der Waals surface area (Å²) in [6.07, 6.45) is 1.96. The van der Waals surface area contributed by atoms with Gasteiger partial charge in [-0.15, -0.1) is 0 Å². The Labute approximate surface area is 70.0 Å². The Morgan fingerprint density at radius 1 is 1.67 bits per heavy atom. The summed E-state index contributed by atoms with van der Waals surface area (Å²) in [6.45, 7) is -0.00446. The van der Waals surface area contributed by atoms with Gasteiger partial charge in [-0.1, -0.05) is 6.07 Å². The van der Waals surface area contributed by atoms with Crippen LogP contribution < -0.4 is 11.3 Å². The molecule has 4 heteroatoms. The Bertz CT molecular complexity index is 295. The normalized spacial score (nSPS) is 12.8. The first-order chi connectivity index (χ1) is 5.75. The second kappa shape index (κ2) is 4.04. The number of aliphatic hydroxyl groups is 1. The van der Waals surface area contributed by atoms with Crippen molar-refractivity contribution >= 4 is 0 Å². The number of hydrogen-bond acceptors (Lipinski definition) is 3. The predicted molar refractivity (Wildman–Crippen MR) is 45.7 cm³/mol. The van der Waals surface area contributed by atoms with Crippen molar-refractivity contribution in [2.75, 3.05) is 6.61 Å². The lowest BCUT2D eigenvalue weighted by molar-refractivity contribution is 0.276. The van der Waals surface area contributed by atoms with Gasteiger partial charge in [0, 0.05) is 24.4 Å². The van der Waals surface area contributed by atoms with E-state index >= 15 is 0 Å². The number of aromatic amines is 1. The number of aliphatic hydroxyl groups excluding tert-OH is 1. The van der Waals surface area contributed by atoms with E-state index in [1.165, 1.54) is 0 Å². The monoisotopic (exact) mass is 168 g/mol. The maximum absolute atomic E-state index is 11.1. The van der Waals surface area contributed by atoms with Crippen molar-refractivity contribution in [1.82, 2.24) is 4.98 Å². The van der Waals surface area contributed by atoms with Crippen LogP contribution in [0.4, 0.5) is 0 Å². The van der Waals surface area contributed by atoms with Crippen molar-refractivity contribution in [2.45, 2.75) is 12.5 Å². The van der Waals surface area contributed by atoms with E-state index in [9.17, 15) is 4.79 Å². The van der Waals surface area contributed by atoms with Crippen LogP contribution in [-0.2, 0) is 0 Å². The molecule has 66 valence electrons. The van der Waals surface area contributed by atoms with Crippen molar-refractivity contribution in [3.63, 3.8) is 0 Å². The van der Waals surface area contributed by atoms with E-state index in [1.807, 2.05) is 0 Å². The average molecular weight is 168 g/mol. The molecule has 4 nitrogen and oxygen atoms in total. The zero-order valence-corrected chi connectivity index (χ0v) is 6.66. The summed E-state index contributed by atoms with van der Waals surface area (Å²) in [4.78, 5) is 13.6. The van der Waals surface area contributed by atoms with E-state index in [0.29, 0.717) is 12.0 Å². The summed E-state index contributed by atoms with van der Waals surface area (Å²) in [5.74, 6) is 0. The Kier molecular flexibility index (Phi) is 3.01. The third-order valence-corrected chi connectivity index (χ3v) is 1.69. The van der Waals surface area contributed by atoms with E-state index in [-0.39, 0.29) is 18.2 Å². The van der Waals surface area contributed by atoms with Gasteiger partial charge in [0.05, 0.1) is 0 Å².